The lowest BCUT2D eigenvalue weighted by molar-refractivity contribution is 0.102. The molecule has 4 aromatic rings. The third kappa shape index (κ3) is 3.97. The van der Waals surface area contributed by atoms with Crippen molar-refractivity contribution >= 4 is 22.4 Å². The maximum Gasteiger partial charge on any atom is 0.257 e. The number of nitrogens with zero attached hydrogens (tertiary/aromatic N) is 1. The highest BCUT2D eigenvalue weighted by Crippen LogP contribution is 2.20. The van der Waals surface area contributed by atoms with Gasteiger partial charge in [0.2, 0.25) is 0 Å². The highest BCUT2D eigenvalue weighted by molar-refractivity contribution is 6.04. The van der Waals surface area contributed by atoms with Gasteiger partial charge in [0.1, 0.15) is 0 Å². The zero-order valence-corrected chi connectivity index (χ0v) is 16.5. The average Bonchev–Trinajstić information content (AvgIpc) is 2.72. The number of rotatable bonds is 4. The highest BCUT2D eigenvalue weighted by atomic mass is 16.2. The molecule has 0 bridgehead atoms. The third-order valence-electron chi connectivity index (χ3n) is 5.11. The Morgan fingerprint density at radius 1 is 0.931 bits per heavy atom. The van der Waals surface area contributed by atoms with Crippen molar-refractivity contribution in [2.75, 3.05) is 5.32 Å². The van der Waals surface area contributed by atoms with Crippen LogP contribution in [0.2, 0.25) is 0 Å². The quantitative estimate of drug-likeness (QED) is 0.545. The van der Waals surface area contributed by atoms with Gasteiger partial charge < -0.3 is 9.88 Å². The number of carbonyl (C=O) groups is 1. The summed E-state index contributed by atoms with van der Waals surface area (Å²) in [5, 5.41) is 5.18. The summed E-state index contributed by atoms with van der Waals surface area (Å²) in [6.07, 6.45) is 1.63. The first-order valence-corrected chi connectivity index (χ1v) is 9.57. The molecule has 1 heterocycles. The molecule has 0 spiro atoms. The predicted molar refractivity (Wildman–Crippen MR) is 118 cm³/mol. The number of carbonyl (C=O) groups excluding carboxylic acids is 1. The summed E-state index contributed by atoms with van der Waals surface area (Å²) in [4.78, 5) is 25.2. The monoisotopic (exact) mass is 382 g/mol. The fraction of sp³-hybridized carbons (Fsp3) is 0.120. The van der Waals surface area contributed by atoms with Crippen LogP contribution in [0.25, 0.3) is 10.8 Å². The highest BCUT2D eigenvalue weighted by Gasteiger charge is 2.11. The van der Waals surface area contributed by atoms with Crippen LogP contribution in [-0.4, -0.2) is 10.5 Å². The van der Waals surface area contributed by atoms with Crippen LogP contribution in [0.5, 0.6) is 0 Å². The first kappa shape index (κ1) is 18.7. The van der Waals surface area contributed by atoms with Crippen molar-refractivity contribution in [3.63, 3.8) is 0 Å². The number of fused-ring (bicyclic) bond motifs is 1. The molecule has 0 aliphatic rings. The first-order chi connectivity index (χ1) is 14.0. The van der Waals surface area contributed by atoms with Crippen molar-refractivity contribution in [1.82, 2.24) is 4.57 Å². The third-order valence-corrected chi connectivity index (χ3v) is 5.11. The van der Waals surface area contributed by atoms with E-state index in [1.54, 1.807) is 16.8 Å². The number of benzene rings is 3. The Morgan fingerprint density at radius 2 is 1.72 bits per heavy atom. The van der Waals surface area contributed by atoms with E-state index in [9.17, 15) is 9.59 Å². The number of hydrogen-bond acceptors (Lipinski definition) is 2. The molecular formula is C25H22N2O2. The minimum absolute atomic E-state index is 0.138. The van der Waals surface area contributed by atoms with E-state index in [2.05, 4.69) is 17.4 Å². The van der Waals surface area contributed by atoms with E-state index in [4.69, 9.17) is 0 Å². The second-order valence-electron chi connectivity index (χ2n) is 7.29. The summed E-state index contributed by atoms with van der Waals surface area (Å²) in [7, 11) is 0. The maximum absolute atomic E-state index is 12.8. The van der Waals surface area contributed by atoms with Gasteiger partial charge in [-0.2, -0.15) is 0 Å². The first-order valence-electron chi connectivity index (χ1n) is 9.57. The van der Waals surface area contributed by atoms with Gasteiger partial charge in [0.05, 0.1) is 12.1 Å². The van der Waals surface area contributed by atoms with Gasteiger partial charge >= 0.3 is 0 Å². The van der Waals surface area contributed by atoms with Crippen molar-refractivity contribution in [3.05, 3.63) is 112 Å². The van der Waals surface area contributed by atoms with Crippen molar-refractivity contribution in [3.8, 4) is 0 Å². The van der Waals surface area contributed by atoms with Gasteiger partial charge in [0, 0.05) is 18.0 Å². The second kappa shape index (κ2) is 7.76. The molecule has 1 N–H and O–H groups in total. The normalized spacial score (nSPS) is 10.8. The molecule has 4 rings (SSSR count). The van der Waals surface area contributed by atoms with Crippen LogP contribution >= 0.6 is 0 Å². The van der Waals surface area contributed by atoms with E-state index in [0.29, 0.717) is 12.1 Å². The molecule has 0 saturated heterocycles. The van der Waals surface area contributed by atoms with Gasteiger partial charge in [0.15, 0.2) is 0 Å². The van der Waals surface area contributed by atoms with E-state index in [-0.39, 0.29) is 11.5 Å². The summed E-state index contributed by atoms with van der Waals surface area (Å²) < 4.78 is 1.58. The SMILES string of the molecule is Cc1ccc(C)c(NC(=O)c2ccc(=O)n(Cc3cccc4ccccc34)c2)c1. The summed E-state index contributed by atoms with van der Waals surface area (Å²) >= 11 is 0. The van der Waals surface area contributed by atoms with Crippen molar-refractivity contribution < 1.29 is 4.79 Å². The predicted octanol–water partition coefficient (Wildman–Crippen LogP) is 4.92. The van der Waals surface area contributed by atoms with Crippen LogP contribution in [0.4, 0.5) is 5.69 Å². The molecule has 1 aromatic heterocycles. The number of hydrogen-bond donors (Lipinski definition) is 1. The van der Waals surface area contributed by atoms with Crippen molar-refractivity contribution in [1.29, 1.82) is 0 Å². The lowest BCUT2D eigenvalue weighted by atomic mass is 10.0. The Hall–Kier alpha value is -3.66. The van der Waals surface area contributed by atoms with Gasteiger partial charge in [-0.1, -0.05) is 54.6 Å². The topological polar surface area (TPSA) is 51.1 Å². The van der Waals surface area contributed by atoms with Gasteiger partial charge in [0.25, 0.3) is 11.5 Å². The number of pyridine rings is 1. The average molecular weight is 382 g/mol. The standard InChI is InChI=1S/C25H22N2O2/c1-17-10-11-18(2)23(14-17)26-25(29)21-12-13-24(28)27(16-21)15-20-8-5-7-19-6-3-4-9-22(19)20/h3-14,16H,15H2,1-2H3,(H,26,29). The molecule has 3 aromatic carbocycles. The fourth-order valence-corrected chi connectivity index (χ4v) is 3.47. The van der Waals surface area contributed by atoms with Crippen molar-refractivity contribution in [2.24, 2.45) is 0 Å². The molecule has 144 valence electrons. The van der Waals surface area contributed by atoms with Crippen LogP contribution in [0.15, 0.2) is 83.8 Å². The molecule has 4 heteroatoms. The summed E-state index contributed by atoms with van der Waals surface area (Å²) in [5.41, 5.74) is 4.20. The smallest absolute Gasteiger partial charge is 0.257 e. The number of amides is 1. The van der Waals surface area contributed by atoms with Crippen LogP contribution in [-0.2, 0) is 6.54 Å². The van der Waals surface area contributed by atoms with E-state index in [1.165, 1.54) is 6.07 Å². The van der Waals surface area contributed by atoms with E-state index < -0.39 is 0 Å². The lowest BCUT2D eigenvalue weighted by Gasteiger charge is -2.12. The van der Waals surface area contributed by atoms with Crippen LogP contribution < -0.4 is 10.9 Å². The van der Waals surface area contributed by atoms with E-state index >= 15 is 0 Å². The summed E-state index contributed by atoms with van der Waals surface area (Å²) in [6, 6.07) is 23.1. The molecule has 1 amide bonds. The Balaban J connectivity index is 1.64. The largest absolute Gasteiger partial charge is 0.322 e. The number of anilines is 1. The van der Waals surface area contributed by atoms with E-state index in [0.717, 1.165) is 33.2 Å². The fourth-order valence-electron chi connectivity index (χ4n) is 3.47. The maximum atomic E-state index is 12.8. The zero-order valence-electron chi connectivity index (χ0n) is 16.5. The van der Waals surface area contributed by atoms with Crippen LogP contribution in [0, 0.1) is 13.8 Å². The van der Waals surface area contributed by atoms with Crippen LogP contribution in [0.3, 0.4) is 0 Å². The Bertz CT molecular complexity index is 1270. The molecule has 0 atom stereocenters. The molecular weight excluding hydrogens is 360 g/mol. The molecule has 0 aliphatic heterocycles. The minimum atomic E-state index is -0.231. The zero-order chi connectivity index (χ0) is 20.4. The van der Waals surface area contributed by atoms with Gasteiger partial charge in [-0.05, 0) is 53.4 Å². The Morgan fingerprint density at radius 3 is 2.59 bits per heavy atom. The number of nitrogens with one attached hydrogen (secondary N) is 1. The molecule has 0 radical (unpaired) electrons. The molecule has 0 aliphatic carbocycles. The minimum Gasteiger partial charge on any atom is -0.322 e. The van der Waals surface area contributed by atoms with Gasteiger partial charge in [-0.3, -0.25) is 9.59 Å². The van der Waals surface area contributed by atoms with E-state index in [1.807, 2.05) is 62.4 Å². The molecule has 0 fully saturated rings. The van der Waals surface area contributed by atoms with Crippen LogP contribution in [0.1, 0.15) is 27.0 Å². The Kier molecular flexibility index (Phi) is 5.00. The van der Waals surface area contributed by atoms with Crippen molar-refractivity contribution in [2.45, 2.75) is 20.4 Å². The van der Waals surface area contributed by atoms with Gasteiger partial charge in [-0.15, -0.1) is 0 Å². The summed E-state index contributed by atoms with van der Waals surface area (Å²) in [5.74, 6) is -0.231. The molecule has 4 nitrogen and oxygen atoms in total. The Labute approximate surface area is 169 Å². The lowest BCUT2D eigenvalue weighted by Crippen LogP contribution is -2.22. The molecule has 0 saturated carbocycles. The van der Waals surface area contributed by atoms with Gasteiger partial charge in [-0.25, -0.2) is 0 Å². The second-order valence-corrected chi connectivity index (χ2v) is 7.29. The molecule has 0 unspecified atom stereocenters. The summed E-state index contributed by atoms with van der Waals surface area (Å²) in [6.45, 7) is 4.35. The number of aromatic nitrogens is 1. The number of aryl methyl sites for hydroxylation is 2. The molecule has 29 heavy (non-hydrogen) atoms.